The third kappa shape index (κ3) is 2.11. The molecule has 2 amide bonds. The Hall–Kier alpha value is -3.30. The van der Waals surface area contributed by atoms with Crippen LogP contribution in [0.2, 0.25) is 0 Å². The molecule has 1 aromatic carbocycles. The molecule has 1 fully saturated rings. The zero-order valence-electron chi connectivity index (χ0n) is 12.7. The number of rotatable bonds is 4. The number of benzene rings is 1. The highest BCUT2D eigenvalue weighted by molar-refractivity contribution is 6.46. The Morgan fingerprint density at radius 3 is 2.62 bits per heavy atom. The van der Waals surface area contributed by atoms with E-state index >= 15 is 0 Å². The Balaban J connectivity index is 2.03. The van der Waals surface area contributed by atoms with Crippen LogP contribution in [0, 0.1) is 10.8 Å². The summed E-state index contributed by atoms with van der Waals surface area (Å²) in [6, 6.07) is 4.98. The van der Waals surface area contributed by atoms with Crippen molar-refractivity contribution >= 4 is 29.2 Å². The van der Waals surface area contributed by atoms with Crippen LogP contribution in [0.1, 0.15) is 0 Å². The molecule has 0 unspecified atom stereocenters. The molecule has 2 atom stereocenters. The number of ether oxygens (including phenoxy) is 2. The monoisotopic (exact) mass is 332 g/mol. The molecule has 24 heavy (non-hydrogen) atoms. The first-order chi connectivity index (χ1) is 11.5. The second-order valence-electron chi connectivity index (χ2n) is 5.01. The number of anilines is 1. The van der Waals surface area contributed by atoms with Gasteiger partial charge in [-0.15, -0.1) is 15.1 Å². The normalized spacial score (nSPS) is 22.3. The van der Waals surface area contributed by atoms with Crippen LogP contribution in [0.3, 0.4) is 0 Å². The number of amides is 2. The predicted molar refractivity (Wildman–Crippen MR) is 79.9 cm³/mol. The molecule has 0 bridgehead atoms. The number of nitroso groups, excluding NO2 is 1. The number of methoxy groups -OCH3 is 2. The van der Waals surface area contributed by atoms with E-state index < -0.39 is 29.7 Å². The van der Waals surface area contributed by atoms with Gasteiger partial charge in [0.25, 0.3) is 5.91 Å². The van der Waals surface area contributed by atoms with E-state index in [-0.39, 0.29) is 11.4 Å². The van der Waals surface area contributed by atoms with Gasteiger partial charge in [0.1, 0.15) is 11.7 Å². The maximum absolute atomic E-state index is 12.7. The molecule has 1 aromatic rings. The smallest absolute Gasteiger partial charge is 0.355 e. The first-order valence-electron chi connectivity index (χ1n) is 6.84. The lowest BCUT2D eigenvalue weighted by Crippen LogP contribution is -2.36. The summed E-state index contributed by atoms with van der Waals surface area (Å²) in [6.07, 6.45) is 0. The minimum Gasteiger partial charge on any atom is -0.497 e. The number of carbonyl (C=O) groups is 3. The lowest BCUT2D eigenvalue weighted by atomic mass is 9.98. The fourth-order valence-corrected chi connectivity index (χ4v) is 2.74. The number of esters is 1. The highest BCUT2D eigenvalue weighted by atomic mass is 16.5. The molecule has 1 saturated heterocycles. The van der Waals surface area contributed by atoms with Crippen LogP contribution in [-0.4, -0.2) is 48.9 Å². The van der Waals surface area contributed by atoms with Crippen molar-refractivity contribution in [3.63, 3.8) is 0 Å². The zero-order chi connectivity index (χ0) is 17.4. The Morgan fingerprint density at radius 1 is 1.25 bits per heavy atom. The van der Waals surface area contributed by atoms with E-state index in [1.54, 1.807) is 12.1 Å². The van der Waals surface area contributed by atoms with Gasteiger partial charge in [0, 0.05) is 6.07 Å². The Morgan fingerprint density at radius 2 is 2.00 bits per heavy atom. The molecule has 10 heteroatoms. The molecular weight excluding hydrogens is 320 g/mol. The van der Waals surface area contributed by atoms with E-state index in [2.05, 4.69) is 15.1 Å². The van der Waals surface area contributed by atoms with Gasteiger partial charge < -0.3 is 9.47 Å². The highest BCUT2D eigenvalue weighted by Crippen LogP contribution is 2.36. The van der Waals surface area contributed by atoms with Crippen molar-refractivity contribution in [3.8, 4) is 5.75 Å². The van der Waals surface area contributed by atoms with Crippen molar-refractivity contribution in [3.05, 3.63) is 29.2 Å². The first-order valence-corrected chi connectivity index (χ1v) is 6.84. The molecule has 124 valence electrons. The first kappa shape index (κ1) is 15.6. The van der Waals surface area contributed by atoms with Gasteiger partial charge in [0.2, 0.25) is 5.91 Å². The Kier molecular flexibility index (Phi) is 3.72. The average molecular weight is 332 g/mol. The molecule has 0 N–H and O–H groups in total. The van der Waals surface area contributed by atoms with Crippen LogP contribution in [-0.2, 0) is 19.1 Å². The third-order valence-electron chi connectivity index (χ3n) is 3.82. The van der Waals surface area contributed by atoms with E-state index in [1.165, 1.54) is 19.2 Å². The maximum atomic E-state index is 12.7. The molecule has 0 radical (unpaired) electrons. The number of hydrogen-bond donors (Lipinski definition) is 0. The second-order valence-corrected chi connectivity index (χ2v) is 5.01. The lowest BCUT2D eigenvalue weighted by Gasteiger charge is -2.17. The summed E-state index contributed by atoms with van der Waals surface area (Å²) in [5, 5.41) is 6.76. The summed E-state index contributed by atoms with van der Waals surface area (Å²) in [5.41, 5.74) is -0.0698. The largest absolute Gasteiger partial charge is 0.497 e. The van der Waals surface area contributed by atoms with Gasteiger partial charge in [-0.05, 0) is 12.1 Å². The van der Waals surface area contributed by atoms with Crippen molar-refractivity contribution in [1.29, 1.82) is 0 Å². The summed E-state index contributed by atoms with van der Waals surface area (Å²) in [5.74, 6) is -3.09. The van der Waals surface area contributed by atoms with Crippen LogP contribution in [0.4, 0.5) is 5.69 Å². The number of nitrogens with zero attached hydrogens (tertiary/aromatic N) is 4. The number of fused-ring (bicyclic) bond motifs is 1. The summed E-state index contributed by atoms with van der Waals surface area (Å²) in [4.78, 5) is 48.9. The maximum Gasteiger partial charge on any atom is 0.355 e. The minimum absolute atomic E-state index is 0.258. The Bertz CT molecular complexity index is 776. The summed E-state index contributed by atoms with van der Waals surface area (Å²) in [6.45, 7) is 0. The van der Waals surface area contributed by atoms with E-state index in [9.17, 15) is 19.3 Å². The molecule has 2 aliphatic rings. The number of imide groups is 1. The van der Waals surface area contributed by atoms with Crippen LogP contribution in [0.25, 0.3) is 0 Å². The van der Waals surface area contributed by atoms with E-state index in [0.29, 0.717) is 10.9 Å². The molecule has 0 aliphatic carbocycles. The van der Waals surface area contributed by atoms with Gasteiger partial charge >= 0.3 is 5.97 Å². The van der Waals surface area contributed by atoms with Crippen LogP contribution < -0.4 is 9.64 Å². The standard InChI is InChI=1S/C14H12N4O6/c1-23-8-5-3-4-7(6-8)17-12(19)9-10(14(21)24-2)15-18(16-22)11(9)13(17)20/h3-6,9,11H,1-2H3/t9-,11-/m1/s1. The van der Waals surface area contributed by atoms with Crippen LogP contribution >= 0.6 is 0 Å². The topological polar surface area (TPSA) is 118 Å². The van der Waals surface area contributed by atoms with Gasteiger partial charge in [0.05, 0.1) is 25.2 Å². The fraction of sp³-hybridized carbons (Fsp3) is 0.286. The van der Waals surface area contributed by atoms with Gasteiger partial charge in [-0.3, -0.25) is 9.59 Å². The van der Waals surface area contributed by atoms with Crippen molar-refractivity contribution in [2.24, 2.45) is 16.3 Å². The van der Waals surface area contributed by atoms with Crippen molar-refractivity contribution in [1.82, 2.24) is 5.12 Å². The van der Waals surface area contributed by atoms with Crippen molar-refractivity contribution in [2.75, 3.05) is 19.1 Å². The summed E-state index contributed by atoms with van der Waals surface area (Å²) >= 11 is 0. The molecular formula is C14H12N4O6. The molecule has 2 heterocycles. The Labute approximate surface area is 135 Å². The molecule has 0 saturated carbocycles. The van der Waals surface area contributed by atoms with Gasteiger partial charge in [0.15, 0.2) is 11.8 Å². The van der Waals surface area contributed by atoms with Gasteiger partial charge in [-0.25, -0.2) is 9.69 Å². The molecule has 0 spiro atoms. The van der Waals surface area contributed by atoms with Gasteiger partial charge in [-0.2, -0.15) is 0 Å². The molecule has 2 aliphatic heterocycles. The zero-order valence-corrected chi connectivity index (χ0v) is 12.7. The minimum atomic E-state index is -1.30. The summed E-state index contributed by atoms with van der Waals surface area (Å²) in [7, 11) is 2.56. The van der Waals surface area contributed by atoms with Crippen molar-refractivity contribution in [2.45, 2.75) is 6.04 Å². The SMILES string of the molecule is COC(=O)C1=NN(N=O)[C@H]2C(=O)N(c3cccc(OC)c3)C(=O)[C@H]12. The highest BCUT2D eigenvalue weighted by Gasteiger charge is 2.59. The predicted octanol–water partition coefficient (Wildman–Crippen LogP) is 0.0792. The average Bonchev–Trinajstić information content (AvgIpc) is 3.11. The molecule has 0 aromatic heterocycles. The fourth-order valence-electron chi connectivity index (χ4n) is 2.74. The number of carbonyl (C=O) groups excluding carboxylic acids is 3. The summed E-state index contributed by atoms with van der Waals surface area (Å²) < 4.78 is 9.63. The number of hydrazone groups is 1. The molecule has 10 nitrogen and oxygen atoms in total. The van der Waals surface area contributed by atoms with Gasteiger partial charge in [-0.1, -0.05) is 6.07 Å². The third-order valence-corrected chi connectivity index (χ3v) is 3.82. The van der Waals surface area contributed by atoms with E-state index in [0.717, 1.165) is 12.0 Å². The quantitative estimate of drug-likeness (QED) is 0.435. The number of hydrogen-bond acceptors (Lipinski definition) is 8. The molecule has 3 rings (SSSR count). The van der Waals surface area contributed by atoms with Crippen LogP contribution in [0.5, 0.6) is 5.75 Å². The van der Waals surface area contributed by atoms with E-state index in [1.807, 2.05) is 0 Å². The van der Waals surface area contributed by atoms with E-state index in [4.69, 9.17) is 4.74 Å². The van der Waals surface area contributed by atoms with Crippen molar-refractivity contribution < 1.29 is 23.9 Å². The lowest BCUT2D eigenvalue weighted by molar-refractivity contribution is -0.133. The second kappa shape index (κ2) is 5.72. The van der Waals surface area contributed by atoms with Crippen LogP contribution in [0.15, 0.2) is 34.7 Å².